The molecule has 0 amide bonds. The summed E-state index contributed by atoms with van der Waals surface area (Å²) in [7, 11) is -3.57. The monoisotopic (exact) mass is 337 g/mol. The molecule has 1 aromatic rings. The number of sulfonamides is 1. The molecule has 2 fully saturated rings. The number of nitrogens with one attached hydrogen (secondary N) is 1. The topological polar surface area (TPSA) is 92.7 Å². The van der Waals surface area contributed by atoms with Crippen LogP contribution in [0.1, 0.15) is 25.3 Å². The molecule has 7 heteroatoms. The smallest absolute Gasteiger partial charge is 0.306 e. The molecule has 23 heavy (non-hydrogen) atoms. The van der Waals surface area contributed by atoms with Crippen molar-refractivity contribution in [1.82, 2.24) is 4.72 Å². The molecule has 4 rings (SSSR count). The molecule has 6 nitrogen and oxygen atoms in total. The maximum Gasteiger partial charge on any atom is 0.306 e. The fraction of sp³-hybridized carbons (Fsp3) is 0.562. The largest absolute Gasteiger partial charge is 0.490 e. The predicted octanol–water partition coefficient (Wildman–Crippen LogP) is 1.40. The molecule has 1 aliphatic heterocycles. The van der Waals surface area contributed by atoms with E-state index < -0.39 is 16.0 Å². The number of carboxylic acid groups (broad SMARTS) is 1. The van der Waals surface area contributed by atoms with Gasteiger partial charge in [-0.2, -0.15) is 0 Å². The maximum atomic E-state index is 12.5. The Hall–Kier alpha value is -1.60. The summed E-state index contributed by atoms with van der Waals surface area (Å²) < 4.78 is 33.3. The number of ether oxygens (including phenoxy) is 1. The van der Waals surface area contributed by atoms with Crippen molar-refractivity contribution in [1.29, 1.82) is 0 Å². The van der Waals surface area contributed by atoms with Crippen molar-refractivity contribution < 1.29 is 23.1 Å². The van der Waals surface area contributed by atoms with E-state index in [2.05, 4.69) is 4.72 Å². The number of rotatable bonds is 5. The highest BCUT2D eigenvalue weighted by atomic mass is 32.2. The zero-order valence-corrected chi connectivity index (χ0v) is 13.5. The van der Waals surface area contributed by atoms with E-state index >= 15 is 0 Å². The van der Waals surface area contributed by atoms with Gasteiger partial charge in [-0.25, -0.2) is 13.1 Å². The van der Waals surface area contributed by atoms with Gasteiger partial charge in [0.2, 0.25) is 10.0 Å². The Morgan fingerprint density at radius 3 is 2.78 bits per heavy atom. The standard InChI is InChI=1S/C16H19NO5S/c1-8-4-9-5-10(2-3-15(9)22-8)23(20,21)17-14-7-12(14)11-6-13(11)16(18)19/h2-3,5,8,11-14,17H,4,6-7H2,1H3,(H,18,19)/t8?,11-,12+,13-,14+/m0/s1. The van der Waals surface area contributed by atoms with E-state index in [1.807, 2.05) is 6.92 Å². The van der Waals surface area contributed by atoms with Crippen molar-refractivity contribution in [3.63, 3.8) is 0 Å². The fourth-order valence-corrected chi connectivity index (χ4v) is 4.98. The molecule has 0 aromatic heterocycles. The van der Waals surface area contributed by atoms with Crippen molar-refractivity contribution in [3.8, 4) is 5.75 Å². The van der Waals surface area contributed by atoms with Gasteiger partial charge < -0.3 is 9.84 Å². The lowest BCUT2D eigenvalue weighted by Gasteiger charge is -2.08. The first-order valence-electron chi connectivity index (χ1n) is 7.90. The lowest BCUT2D eigenvalue weighted by atomic mass is 10.1. The van der Waals surface area contributed by atoms with Gasteiger partial charge in [0, 0.05) is 12.5 Å². The summed E-state index contributed by atoms with van der Waals surface area (Å²) in [5, 5.41) is 8.96. The van der Waals surface area contributed by atoms with Crippen LogP contribution in [0.2, 0.25) is 0 Å². The lowest BCUT2D eigenvalue weighted by Crippen LogP contribution is -2.27. The van der Waals surface area contributed by atoms with Crippen molar-refractivity contribution in [2.45, 2.75) is 43.2 Å². The van der Waals surface area contributed by atoms with Crippen molar-refractivity contribution in [2.24, 2.45) is 17.8 Å². The summed E-state index contributed by atoms with van der Waals surface area (Å²) in [5.74, 6) is 0.00513. The number of hydrogen-bond acceptors (Lipinski definition) is 4. The zero-order chi connectivity index (χ0) is 16.4. The molecule has 2 aliphatic carbocycles. The average Bonchev–Trinajstić information content (AvgIpc) is 3.34. The first kappa shape index (κ1) is 15.0. The molecule has 0 spiro atoms. The number of benzene rings is 1. The van der Waals surface area contributed by atoms with E-state index in [0.717, 1.165) is 17.7 Å². The van der Waals surface area contributed by atoms with E-state index in [4.69, 9.17) is 9.84 Å². The number of carbonyl (C=O) groups is 1. The van der Waals surface area contributed by atoms with Gasteiger partial charge in [0.25, 0.3) is 0 Å². The first-order valence-corrected chi connectivity index (χ1v) is 9.38. The Labute approximate surface area is 134 Å². The maximum absolute atomic E-state index is 12.5. The lowest BCUT2D eigenvalue weighted by molar-refractivity contribution is -0.138. The molecule has 0 saturated heterocycles. The fourth-order valence-electron chi connectivity index (χ4n) is 3.63. The van der Waals surface area contributed by atoms with Crippen LogP contribution in [0.4, 0.5) is 0 Å². The third-order valence-corrected chi connectivity index (χ3v) is 6.52. The second-order valence-corrected chi connectivity index (χ2v) is 8.59. The van der Waals surface area contributed by atoms with Crippen LogP contribution in [0, 0.1) is 17.8 Å². The van der Waals surface area contributed by atoms with E-state index in [0.29, 0.717) is 12.8 Å². The highest BCUT2D eigenvalue weighted by molar-refractivity contribution is 7.89. The number of fused-ring (bicyclic) bond motifs is 1. The van der Waals surface area contributed by atoms with E-state index in [-0.39, 0.29) is 34.8 Å². The highest BCUT2D eigenvalue weighted by Crippen LogP contribution is 2.54. The summed E-state index contributed by atoms with van der Waals surface area (Å²) in [6, 6.07) is 4.82. The SMILES string of the molecule is CC1Cc2cc(S(=O)(=O)N[C@@H]3C[C@@H]3[C@@H]3C[C@@H]3C(=O)O)ccc2O1. The van der Waals surface area contributed by atoms with Crippen molar-refractivity contribution in [2.75, 3.05) is 0 Å². The van der Waals surface area contributed by atoms with Gasteiger partial charge in [-0.05, 0) is 55.4 Å². The Morgan fingerprint density at radius 2 is 2.09 bits per heavy atom. The molecule has 1 heterocycles. The molecule has 1 aromatic carbocycles. The molecule has 0 radical (unpaired) electrons. The molecule has 3 aliphatic rings. The molecular formula is C16H19NO5S. The van der Waals surface area contributed by atoms with E-state index in [1.54, 1.807) is 18.2 Å². The van der Waals surface area contributed by atoms with Crippen molar-refractivity contribution >= 4 is 16.0 Å². The van der Waals surface area contributed by atoms with Gasteiger partial charge in [0.1, 0.15) is 11.9 Å². The summed E-state index contributed by atoms with van der Waals surface area (Å²) in [6.07, 6.45) is 2.20. The van der Waals surface area contributed by atoms with Crippen LogP contribution in [0.25, 0.3) is 0 Å². The second kappa shape index (κ2) is 4.95. The molecule has 0 bridgehead atoms. The van der Waals surface area contributed by atoms with Gasteiger partial charge in [-0.15, -0.1) is 0 Å². The zero-order valence-electron chi connectivity index (χ0n) is 12.7. The summed E-state index contributed by atoms with van der Waals surface area (Å²) in [4.78, 5) is 11.2. The summed E-state index contributed by atoms with van der Waals surface area (Å²) in [5.41, 5.74) is 0.917. The number of aliphatic carboxylic acids is 1. The minimum Gasteiger partial charge on any atom is -0.490 e. The van der Waals surface area contributed by atoms with Gasteiger partial charge in [-0.3, -0.25) is 4.79 Å². The van der Waals surface area contributed by atoms with Crippen LogP contribution in [0.15, 0.2) is 23.1 Å². The van der Waals surface area contributed by atoms with Gasteiger partial charge in [-0.1, -0.05) is 0 Å². The van der Waals surface area contributed by atoms with Crippen LogP contribution < -0.4 is 9.46 Å². The predicted molar refractivity (Wildman–Crippen MR) is 81.7 cm³/mol. The first-order chi connectivity index (χ1) is 10.8. The Bertz CT molecular complexity index is 775. The molecule has 1 unspecified atom stereocenters. The number of carboxylic acids is 1. The van der Waals surface area contributed by atoms with Gasteiger partial charge >= 0.3 is 5.97 Å². The highest BCUT2D eigenvalue weighted by Gasteiger charge is 2.57. The molecule has 2 saturated carbocycles. The third kappa shape index (κ3) is 2.72. The van der Waals surface area contributed by atoms with Crippen LogP contribution in [-0.2, 0) is 21.2 Å². The van der Waals surface area contributed by atoms with Crippen molar-refractivity contribution in [3.05, 3.63) is 23.8 Å². The van der Waals surface area contributed by atoms with Crippen LogP contribution in [-0.4, -0.2) is 31.6 Å². The quantitative estimate of drug-likeness (QED) is 0.847. The molecule has 124 valence electrons. The van der Waals surface area contributed by atoms with Crippen LogP contribution in [0.5, 0.6) is 5.75 Å². The van der Waals surface area contributed by atoms with Gasteiger partial charge in [0.05, 0.1) is 10.8 Å². The molecular weight excluding hydrogens is 318 g/mol. The van der Waals surface area contributed by atoms with Crippen LogP contribution >= 0.6 is 0 Å². The average molecular weight is 337 g/mol. The summed E-state index contributed by atoms with van der Waals surface area (Å²) in [6.45, 7) is 1.95. The number of hydrogen-bond donors (Lipinski definition) is 2. The Morgan fingerprint density at radius 1 is 1.30 bits per heavy atom. The minimum atomic E-state index is -3.57. The Balaban J connectivity index is 1.44. The second-order valence-electron chi connectivity index (χ2n) is 6.87. The van der Waals surface area contributed by atoms with Gasteiger partial charge in [0.15, 0.2) is 0 Å². The molecule has 2 N–H and O–H groups in total. The van der Waals surface area contributed by atoms with E-state index in [9.17, 15) is 13.2 Å². The minimum absolute atomic E-state index is 0.0755. The normalized spacial score (nSPS) is 34.6. The van der Waals surface area contributed by atoms with Crippen LogP contribution in [0.3, 0.4) is 0 Å². The van der Waals surface area contributed by atoms with E-state index in [1.165, 1.54) is 0 Å². The summed E-state index contributed by atoms with van der Waals surface area (Å²) >= 11 is 0. The third-order valence-electron chi connectivity index (χ3n) is 5.03. The molecule has 5 atom stereocenters. The Kier molecular flexibility index (Phi) is 3.22.